The molecule has 3 N–H and O–H groups in total. The fraction of sp³-hybridized carbons (Fsp3) is 0.172. The number of aliphatic hydroxyl groups excluding tert-OH is 1. The van der Waals surface area contributed by atoms with Crippen LogP contribution >= 0.6 is 23.1 Å². The van der Waals surface area contributed by atoms with Crippen LogP contribution in [0.4, 0.5) is 16.5 Å². The summed E-state index contributed by atoms with van der Waals surface area (Å²) in [5.41, 5.74) is 5.73. The Balaban J connectivity index is 1.18. The minimum Gasteiger partial charge on any atom is -0.494 e. The SMILES string of the molecule is Cc1ccc(Nc2nnc(SCC(O)Cn3c(O)c(C4=Nc5ccccc5C4=O)c4ccccc43)s2)c(C)c1. The molecule has 0 aliphatic carbocycles. The summed E-state index contributed by atoms with van der Waals surface area (Å²) >= 11 is 2.82. The number of aliphatic imine (C=N–C) groups is 1. The molecule has 0 radical (unpaired) electrons. The largest absolute Gasteiger partial charge is 0.494 e. The summed E-state index contributed by atoms with van der Waals surface area (Å²) in [7, 11) is 0. The Labute approximate surface area is 233 Å². The number of hydrogen-bond acceptors (Lipinski definition) is 9. The van der Waals surface area contributed by atoms with Crippen LogP contribution < -0.4 is 5.32 Å². The smallest absolute Gasteiger partial charge is 0.214 e. The van der Waals surface area contributed by atoms with Crippen LogP contribution in [0.1, 0.15) is 27.0 Å². The highest BCUT2D eigenvalue weighted by Gasteiger charge is 2.31. The zero-order valence-corrected chi connectivity index (χ0v) is 22.9. The number of thioether (sulfide) groups is 1. The molecule has 0 amide bonds. The number of nitrogens with zero attached hydrogens (tertiary/aromatic N) is 4. The second-order valence-electron chi connectivity index (χ2n) is 9.41. The predicted molar refractivity (Wildman–Crippen MR) is 156 cm³/mol. The van der Waals surface area contributed by atoms with E-state index in [0.29, 0.717) is 33.1 Å². The molecule has 0 spiro atoms. The van der Waals surface area contributed by atoms with Gasteiger partial charge in [-0.25, -0.2) is 4.99 Å². The van der Waals surface area contributed by atoms with Crippen molar-refractivity contribution in [3.05, 3.63) is 89.0 Å². The fourth-order valence-electron chi connectivity index (χ4n) is 4.76. The van der Waals surface area contributed by atoms with E-state index in [1.165, 1.54) is 28.7 Å². The monoisotopic (exact) mass is 555 g/mol. The quantitative estimate of drug-likeness (QED) is 0.200. The van der Waals surface area contributed by atoms with Crippen molar-refractivity contribution in [1.29, 1.82) is 0 Å². The molecule has 1 atom stereocenters. The molecule has 1 aliphatic heterocycles. The first kappa shape index (κ1) is 25.3. The van der Waals surface area contributed by atoms with Crippen LogP contribution in [0.15, 0.2) is 76.1 Å². The van der Waals surface area contributed by atoms with Gasteiger partial charge in [0.05, 0.1) is 29.4 Å². The third-order valence-electron chi connectivity index (χ3n) is 6.60. The number of carbonyl (C=O) groups is 1. The molecule has 39 heavy (non-hydrogen) atoms. The van der Waals surface area contributed by atoms with E-state index in [1.54, 1.807) is 22.8 Å². The second-order valence-corrected chi connectivity index (χ2v) is 11.7. The van der Waals surface area contributed by atoms with Gasteiger partial charge < -0.3 is 20.1 Å². The van der Waals surface area contributed by atoms with Gasteiger partial charge in [-0.3, -0.25) is 4.79 Å². The van der Waals surface area contributed by atoms with Gasteiger partial charge in [0.2, 0.25) is 16.8 Å². The standard InChI is InChI=1S/C29H25N5O3S2/c1-16-11-12-21(17(2)13-16)31-28-32-33-29(39-28)38-15-18(35)14-34-23-10-6-4-8-20(23)24(27(34)37)25-26(36)19-7-3-5-9-22(19)30-25/h3-13,18,35,37H,14-15H2,1-2H3,(H,31,32). The summed E-state index contributed by atoms with van der Waals surface area (Å²) in [5, 5.41) is 35.3. The van der Waals surface area contributed by atoms with E-state index in [2.05, 4.69) is 33.5 Å². The predicted octanol–water partition coefficient (Wildman–Crippen LogP) is 6.03. The Bertz CT molecular complexity index is 1760. The molecule has 196 valence electrons. The van der Waals surface area contributed by atoms with E-state index in [9.17, 15) is 15.0 Å². The molecule has 8 nitrogen and oxygen atoms in total. The number of aliphatic hydroxyl groups is 1. The van der Waals surface area contributed by atoms with Crippen molar-refractivity contribution in [2.45, 2.75) is 30.8 Å². The highest BCUT2D eigenvalue weighted by Crippen LogP contribution is 2.38. The lowest BCUT2D eigenvalue weighted by Crippen LogP contribution is -2.18. The summed E-state index contributed by atoms with van der Waals surface area (Å²) in [6, 6.07) is 20.8. The first-order valence-corrected chi connectivity index (χ1v) is 14.2. The Hall–Kier alpha value is -3.99. The van der Waals surface area contributed by atoms with Crippen LogP contribution in [0, 0.1) is 13.8 Å². The fourth-order valence-corrected chi connectivity index (χ4v) is 6.46. The van der Waals surface area contributed by atoms with Crippen molar-refractivity contribution in [1.82, 2.24) is 14.8 Å². The Morgan fingerprint density at radius 2 is 1.85 bits per heavy atom. The van der Waals surface area contributed by atoms with E-state index >= 15 is 0 Å². The van der Waals surface area contributed by atoms with Crippen LogP contribution in [0.2, 0.25) is 0 Å². The van der Waals surface area contributed by atoms with Gasteiger partial charge in [-0.05, 0) is 43.7 Å². The molecular formula is C29H25N5O3S2. The zero-order valence-electron chi connectivity index (χ0n) is 21.3. The van der Waals surface area contributed by atoms with E-state index in [1.807, 2.05) is 49.4 Å². The molecule has 3 heterocycles. The Kier molecular flexibility index (Phi) is 6.68. The zero-order chi connectivity index (χ0) is 27.1. The highest BCUT2D eigenvalue weighted by molar-refractivity contribution is 8.01. The molecule has 6 rings (SSSR count). The molecule has 2 aromatic heterocycles. The van der Waals surface area contributed by atoms with E-state index in [4.69, 9.17) is 0 Å². The lowest BCUT2D eigenvalue weighted by Gasteiger charge is -2.13. The minimum atomic E-state index is -0.789. The first-order valence-electron chi connectivity index (χ1n) is 12.4. The normalized spacial score (nSPS) is 13.5. The van der Waals surface area contributed by atoms with Gasteiger partial charge in [0.25, 0.3) is 0 Å². The first-order chi connectivity index (χ1) is 18.9. The summed E-state index contributed by atoms with van der Waals surface area (Å²) in [4.78, 5) is 17.6. The molecular weight excluding hydrogens is 530 g/mol. The minimum absolute atomic E-state index is 0.0870. The van der Waals surface area contributed by atoms with Gasteiger partial charge in [0.1, 0.15) is 5.71 Å². The number of nitrogens with one attached hydrogen (secondary N) is 1. The van der Waals surface area contributed by atoms with Crippen LogP contribution in [-0.4, -0.2) is 48.3 Å². The number of Topliss-reactive ketones (excluding diaryl/α,β-unsaturated/α-hetero) is 1. The number of aromatic nitrogens is 3. The number of benzene rings is 3. The number of para-hydroxylation sites is 2. The van der Waals surface area contributed by atoms with Gasteiger partial charge in [0, 0.05) is 22.4 Å². The Morgan fingerprint density at radius 1 is 1.05 bits per heavy atom. The average Bonchev–Trinajstić information content (AvgIpc) is 3.59. The number of ketones is 1. The molecule has 0 saturated heterocycles. The van der Waals surface area contributed by atoms with Crippen molar-refractivity contribution in [2.75, 3.05) is 11.1 Å². The summed E-state index contributed by atoms with van der Waals surface area (Å²) in [6.45, 7) is 4.24. The van der Waals surface area contributed by atoms with Crippen LogP contribution in [0.5, 0.6) is 5.88 Å². The molecule has 3 aromatic carbocycles. The number of rotatable bonds is 8. The molecule has 0 saturated carbocycles. The van der Waals surface area contributed by atoms with E-state index in [0.717, 1.165) is 21.1 Å². The average molecular weight is 556 g/mol. The summed E-state index contributed by atoms with van der Waals surface area (Å²) < 4.78 is 2.37. The molecule has 0 fully saturated rings. The highest BCUT2D eigenvalue weighted by atomic mass is 32.2. The summed E-state index contributed by atoms with van der Waals surface area (Å²) in [5.74, 6) is 0.0441. The van der Waals surface area contributed by atoms with Crippen molar-refractivity contribution in [3.8, 4) is 5.88 Å². The van der Waals surface area contributed by atoms with Gasteiger partial charge in [-0.2, -0.15) is 0 Å². The third-order valence-corrected chi connectivity index (χ3v) is 8.72. The third kappa shape index (κ3) is 4.82. The molecule has 1 aliphatic rings. The number of aryl methyl sites for hydroxylation is 2. The lowest BCUT2D eigenvalue weighted by molar-refractivity contribution is 0.107. The molecule has 10 heteroatoms. The number of fused-ring (bicyclic) bond motifs is 2. The molecule has 0 bridgehead atoms. The van der Waals surface area contributed by atoms with Crippen LogP contribution in [-0.2, 0) is 6.54 Å². The van der Waals surface area contributed by atoms with Crippen LogP contribution in [0.25, 0.3) is 10.9 Å². The van der Waals surface area contributed by atoms with Crippen molar-refractivity contribution in [2.24, 2.45) is 4.99 Å². The van der Waals surface area contributed by atoms with Gasteiger partial charge in [0.15, 0.2) is 4.34 Å². The maximum absolute atomic E-state index is 13.1. The van der Waals surface area contributed by atoms with Crippen molar-refractivity contribution < 1.29 is 15.0 Å². The maximum atomic E-state index is 13.1. The van der Waals surface area contributed by atoms with Crippen molar-refractivity contribution in [3.63, 3.8) is 0 Å². The van der Waals surface area contributed by atoms with E-state index in [-0.39, 0.29) is 23.9 Å². The summed E-state index contributed by atoms with van der Waals surface area (Å²) in [6.07, 6.45) is -0.789. The van der Waals surface area contributed by atoms with Gasteiger partial charge in [-0.15, -0.1) is 10.2 Å². The maximum Gasteiger partial charge on any atom is 0.214 e. The number of aromatic hydroxyl groups is 1. The number of anilines is 2. The molecule has 5 aromatic rings. The van der Waals surface area contributed by atoms with E-state index < -0.39 is 6.10 Å². The number of hydrogen-bond donors (Lipinski definition) is 3. The number of carbonyl (C=O) groups excluding carboxylic acids is 1. The second kappa shape index (κ2) is 10.3. The van der Waals surface area contributed by atoms with Gasteiger partial charge in [-0.1, -0.05) is 71.1 Å². The van der Waals surface area contributed by atoms with Crippen LogP contribution in [0.3, 0.4) is 0 Å². The topological polar surface area (TPSA) is 113 Å². The lowest BCUT2D eigenvalue weighted by atomic mass is 10.0. The van der Waals surface area contributed by atoms with Gasteiger partial charge >= 0.3 is 0 Å². The molecule has 1 unspecified atom stereocenters. The van der Waals surface area contributed by atoms with Crippen molar-refractivity contribution >= 4 is 62.0 Å². The Morgan fingerprint density at radius 3 is 2.67 bits per heavy atom.